The number of aromatic nitrogens is 1. The first-order valence-corrected chi connectivity index (χ1v) is 13.2. The number of carbonyl (C=O) groups is 1. The molecule has 1 aliphatic heterocycles. The Labute approximate surface area is 216 Å². The number of carbonyl (C=O) groups excluding carboxylic acids is 1. The summed E-state index contributed by atoms with van der Waals surface area (Å²) >= 11 is 1.63. The average molecular weight is 501 g/mol. The smallest absolute Gasteiger partial charge is 0.252 e. The third-order valence-electron chi connectivity index (χ3n) is 6.98. The molecule has 6 nitrogen and oxygen atoms in total. The van der Waals surface area contributed by atoms with Crippen LogP contribution in [0, 0.1) is 0 Å². The van der Waals surface area contributed by atoms with Crippen LogP contribution in [0.15, 0.2) is 72.1 Å². The standard InChI is InChI=1S/C29H32N4O2S/c1-29(2,33-16-14-32(15-17-33)25-11-6-7-12-26(25)35-3)20-30-28(34)22-19-24(27-13-8-18-36-27)31-23-10-5-4-9-21(22)23/h4-13,18-19H,14-17,20H2,1-3H3,(H,30,34). The van der Waals surface area contributed by atoms with Crippen molar-refractivity contribution in [1.29, 1.82) is 0 Å². The zero-order valence-corrected chi connectivity index (χ0v) is 21.8. The number of hydrogen-bond acceptors (Lipinski definition) is 6. The molecule has 1 aliphatic rings. The van der Waals surface area contributed by atoms with Crippen LogP contribution in [0.2, 0.25) is 0 Å². The van der Waals surface area contributed by atoms with Crippen LogP contribution >= 0.6 is 11.3 Å². The van der Waals surface area contributed by atoms with E-state index in [1.807, 2.05) is 60.0 Å². The molecule has 1 amide bonds. The molecule has 0 aliphatic carbocycles. The topological polar surface area (TPSA) is 57.7 Å². The number of benzene rings is 2. The molecule has 0 radical (unpaired) electrons. The number of para-hydroxylation sites is 3. The minimum atomic E-state index is -0.179. The molecule has 186 valence electrons. The van der Waals surface area contributed by atoms with Crippen molar-refractivity contribution in [1.82, 2.24) is 15.2 Å². The second kappa shape index (κ2) is 10.3. The van der Waals surface area contributed by atoms with Crippen LogP contribution in [-0.4, -0.2) is 61.2 Å². The Bertz CT molecular complexity index is 1340. The van der Waals surface area contributed by atoms with Crippen molar-refractivity contribution in [3.8, 4) is 16.3 Å². The molecule has 3 heterocycles. The lowest BCUT2D eigenvalue weighted by molar-refractivity contribution is 0.0850. The molecule has 4 aromatic rings. The fourth-order valence-electron chi connectivity index (χ4n) is 4.86. The third kappa shape index (κ3) is 4.94. The number of ether oxygens (including phenoxy) is 1. The van der Waals surface area contributed by atoms with E-state index in [-0.39, 0.29) is 11.4 Å². The Balaban J connectivity index is 1.27. The highest BCUT2D eigenvalue weighted by Crippen LogP contribution is 2.30. The first kappa shape index (κ1) is 24.3. The predicted octanol–water partition coefficient (Wildman–Crippen LogP) is 5.30. The van der Waals surface area contributed by atoms with Gasteiger partial charge in [-0.1, -0.05) is 36.4 Å². The predicted molar refractivity (Wildman–Crippen MR) is 148 cm³/mol. The van der Waals surface area contributed by atoms with Gasteiger partial charge in [0.15, 0.2) is 0 Å². The van der Waals surface area contributed by atoms with E-state index >= 15 is 0 Å². The van der Waals surface area contributed by atoms with Gasteiger partial charge in [0.1, 0.15) is 5.75 Å². The number of amides is 1. The molecular weight excluding hydrogens is 468 g/mol. The van der Waals surface area contributed by atoms with E-state index in [2.05, 4.69) is 41.1 Å². The molecule has 7 heteroatoms. The molecule has 0 unspecified atom stereocenters. The maximum absolute atomic E-state index is 13.4. The zero-order chi connectivity index (χ0) is 25.1. The van der Waals surface area contributed by atoms with Crippen molar-refractivity contribution in [2.24, 2.45) is 0 Å². The van der Waals surface area contributed by atoms with E-state index in [4.69, 9.17) is 9.72 Å². The highest BCUT2D eigenvalue weighted by atomic mass is 32.1. The van der Waals surface area contributed by atoms with Gasteiger partial charge in [0.2, 0.25) is 0 Å². The summed E-state index contributed by atoms with van der Waals surface area (Å²) in [7, 11) is 1.72. The van der Waals surface area contributed by atoms with Gasteiger partial charge in [0, 0.05) is 43.6 Å². The maximum Gasteiger partial charge on any atom is 0.252 e. The number of pyridine rings is 1. The normalized spacial score (nSPS) is 14.7. The lowest BCUT2D eigenvalue weighted by Gasteiger charge is -2.45. The summed E-state index contributed by atoms with van der Waals surface area (Å²) in [6.45, 7) is 8.63. The van der Waals surface area contributed by atoms with Gasteiger partial charge in [0.25, 0.3) is 5.91 Å². The van der Waals surface area contributed by atoms with Gasteiger partial charge >= 0.3 is 0 Å². The number of nitrogens with zero attached hydrogens (tertiary/aromatic N) is 3. The van der Waals surface area contributed by atoms with Crippen LogP contribution in [-0.2, 0) is 0 Å². The summed E-state index contributed by atoms with van der Waals surface area (Å²) in [6.07, 6.45) is 0. The summed E-state index contributed by atoms with van der Waals surface area (Å²) in [5.41, 5.74) is 3.29. The van der Waals surface area contributed by atoms with E-state index in [1.165, 1.54) is 0 Å². The number of hydrogen-bond donors (Lipinski definition) is 1. The molecule has 0 saturated carbocycles. The number of thiophene rings is 1. The lowest BCUT2D eigenvalue weighted by Crippen LogP contribution is -2.58. The summed E-state index contributed by atoms with van der Waals surface area (Å²) in [5, 5.41) is 6.13. The molecule has 36 heavy (non-hydrogen) atoms. The summed E-state index contributed by atoms with van der Waals surface area (Å²) in [4.78, 5) is 24.1. The Morgan fingerprint density at radius 1 is 1.03 bits per heavy atom. The molecule has 2 aromatic heterocycles. The molecule has 1 N–H and O–H groups in total. The molecule has 1 fully saturated rings. The molecule has 0 spiro atoms. The number of piperazine rings is 1. The number of fused-ring (bicyclic) bond motifs is 1. The highest BCUT2D eigenvalue weighted by molar-refractivity contribution is 7.13. The maximum atomic E-state index is 13.4. The molecule has 0 atom stereocenters. The SMILES string of the molecule is COc1ccccc1N1CCN(C(C)(C)CNC(=O)c2cc(-c3cccs3)nc3ccccc23)CC1. The number of methoxy groups -OCH3 is 1. The molecule has 2 aromatic carbocycles. The van der Waals surface area contributed by atoms with Gasteiger partial charge in [-0.05, 0) is 49.6 Å². The van der Waals surface area contributed by atoms with Crippen molar-refractivity contribution >= 4 is 33.8 Å². The quantitative estimate of drug-likeness (QED) is 0.373. The van der Waals surface area contributed by atoms with Crippen molar-refractivity contribution in [2.45, 2.75) is 19.4 Å². The molecule has 5 rings (SSSR count). The number of rotatable bonds is 7. The van der Waals surface area contributed by atoms with E-state index in [1.54, 1.807) is 18.4 Å². The van der Waals surface area contributed by atoms with Crippen LogP contribution in [0.3, 0.4) is 0 Å². The monoisotopic (exact) mass is 500 g/mol. The second-order valence-electron chi connectivity index (χ2n) is 9.69. The van der Waals surface area contributed by atoms with Crippen molar-refractivity contribution in [3.63, 3.8) is 0 Å². The Morgan fingerprint density at radius 3 is 2.53 bits per heavy atom. The Kier molecular flexibility index (Phi) is 6.94. The van der Waals surface area contributed by atoms with E-state index < -0.39 is 0 Å². The van der Waals surface area contributed by atoms with Gasteiger partial charge < -0.3 is 15.0 Å². The Hall–Kier alpha value is -3.42. The first-order valence-electron chi connectivity index (χ1n) is 12.3. The molecular formula is C29H32N4O2S. The van der Waals surface area contributed by atoms with Crippen LogP contribution < -0.4 is 15.0 Å². The molecule has 1 saturated heterocycles. The van der Waals surface area contributed by atoms with Crippen molar-refractivity contribution in [3.05, 3.63) is 77.7 Å². The lowest BCUT2D eigenvalue weighted by atomic mass is 10.0. The van der Waals surface area contributed by atoms with Crippen LogP contribution in [0.1, 0.15) is 24.2 Å². The van der Waals surface area contributed by atoms with E-state index in [9.17, 15) is 4.79 Å². The van der Waals surface area contributed by atoms with E-state index in [0.717, 1.165) is 59.1 Å². The van der Waals surface area contributed by atoms with Gasteiger partial charge in [-0.2, -0.15) is 0 Å². The first-order chi connectivity index (χ1) is 17.5. The fraction of sp³-hybridized carbons (Fsp3) is 0.310. The molecule has 0 bridgehead atoms. The summed E-state index contributed by atoms with van der Waals surface area (Å²) < 4.78 is 5.56. The van der Waals surface area contributed by atoms with Gasteiger partial charge in [-0.25, -0.2) is 4.98 Å². The van der Waals surface area contributed by atoms with Crippen molar-refractivity contribution in [2.75, 3.05) is 44.7 Å². The van der Waals surface area contributed by atoms with Crippen LogP contribution in [0.5, 0.6) is 5.75 Å². The van der Waals surface area contributed by atoms with E-state index in [0.29, 0.717) is 12.1 Å². The summed E-state index contributed by atoms with van der Waals surface area (Å²) in [5.74, 6) is 0.844. The fourth-order valence-corrected chi connectivity index (χ4v) is 5.55. The zero-order valence-electron chi connectivity index (χ0n) is 21.0. The van der Waals surface area contributed by atoms with Gasteiger partial charge in [-0.15, -0.1) is 11.3 Å². The number of nitrogens with one attached hydrogen (secondary N) is 1. The summed E-state index contributed by atoms with van der Waals surface area (Å²) in [6, 6.07) is 22.0. The number of anilines is 1. The van der Waals surface area contributed by atoms with Crippen LogP contribution in [0.25, 0.3) is 21.5 Å². The van der Waals surface area contributed by atoms with Crippen LogP contribution in [0.4, 0.5) is 5.69 Å². The third-order valence-corrected chi connectivity index (χ3v) is 7.87. The largest absolute Gasteiger partial charge is 0.495 e. The minimum Gasteiger partial charge on any atom is -0.495 e. The van der Waals surface area contributed by atoms with Gasteiger partial charge in [-0.3, -0.25) is 9.69 Å². The highest BCUT2D eigenvalue weighted by Gasteiger charge is 2.31. The van der Waals surface area contributed by atoms with Gasteiger partial charge in [0.05, 0.1) is 34.4 Å². The minimum absolute atomic E-state index is 0.0628. The Morgan fingerprint density at radius 2 is 1.78 bits per heavy atom. The second-order valence-corrected chi connectivity index (χ2v) is 10.6. The van der Waals surface area contributed by atoms with Crippen molar-refractivity contribution < 1.29 is 9.53 Å². The average Bonchev–Trinajstić information content (AvgIpc) is 3.46.